The third-order valence-electron chi connectivity index (χ3n) is 4.12. The molecule has 0 spiro atoms. The summed E-state index contributed by atoms with van der Waals surface area (Å²) in [6.07, 6.45) is 2.73. The van der Waals surface area contributed by atoms with E-state index in [2.05, 4.69) is 10.1 Å². The molecule has 0 bridgehead atoms. The summed E-state index contributed by atoms with van der Waals surface area (Å²) in [7, 11) is 1.38. The van der Waals surface area contributed by atoms with Crippen molar-refractivity contribution in [2.24, 2.45) is 0 Å². The van der Waals surface area contributed by atoms with Crippen LogP contribution < -0.4 is 5.32 Å². The van der Waals surface area contributed by atoms with Gasteiger partial charge < -0.3 is 25.1 Å². The Morgan fingerprint density at radius 3 is 2.54 bits per heavy atom. The minimum atomic E-state index is -0.974. The topological polar surface area (TPSA) is 127 Å². The van der Waals surface area contributed by atoms with Crippen LogP contribution in [0.1, 0.15) is 45.4 Å². The average molecular weight is 369 g/mol. The van der Waals surface area contributed by atoms with Gasteiger partial charge in [0.25, 0.3) is 0 Å². The lowest BCUT2D eigenvalue weighted by Crippen LogP contribution is -2.47. The number of ketones is 1. The average Bonchev–Trinajstić information content (AvgIpc) is 2.59. The Bertz CT molecular complexity index is 525. The zero-order valence-electron chi connectivity index (χ0n) is 15.3. The minimum Gasteiger partial charge on any atom is -0.461 e. The fourth-order valence-corrected chi connectivity index (χ4v) is 2.50. The van der Waals surface area contributed by atoms with Crippen LogP contribution >= 0.6 is 0 Å². The van der Waals surface area contributed by atoms with Crippen molar-refractivity contribution < 1.29 is 33.4 Å². The summed E-state index contributed by atoms with van der Waals surface area (Å²) in [5, 5.41) is 2.56. The van der Waals surface area contributed by atoms with Crippen LogP contribution in [0.3, 0.4) is 0 Å². The largest absolute Gasteiger partial charge is 0.461 e. The summed E-state index contributed by atoms with van der Waals surface area (Å²) in [5.41, 5.74) is 8.39. The predicted octanol–water partition coefficient (Wildman–Crippen LogP) is 0.658. The number of hydrogen-bond acceptors (Lipinski definition) is 6. The molecule has 2 atom stereocenters. The molecule has 1 rings (SSSR count). The molecule has 1 aliphatic rings. The summed E-state index contributed by atoms with van der Waals surface area (Å²) in [5.74, 6) is -1.51. The lowest BCUT2D eigenvalue weighted by molar-refractivity contribution is -0.155. The molecule has 1 amide bonds. The highest BCUT2D eigenvalue weighted by atomic mass is 16.5. The number of carbonyl (C=O) groups excluding carboxylic acids is 3. The van der Waals surface area contributed by atoms with Crippen LogP contribution in [-0.2, 0) is 28.6 Å². The Morgan fingerprint density at radius 1 is 1.31 bits per heavy atom. The fraction of sp³-hybridized carbons (Fsp3) is 0.765. The normalized spacial score (nSPS) is 17.8. The molecule has 1 fully saturated rings. The van der Waals surface area contributed by atoms with Gasteiger partial charge >= 0.3 is 12.2 Å². The molecule has 1 N–H and O–H groups in total. The van der Waals surface area contributed by atoms with Crippen LogP contribution in [0.2, 0.25) is 0 Å². The summed E-state index contributed by atoms with van der Waals surface area (Å²) in [4.78, 5) is 38.7. The van der Waals surface area contributed by atoms with Crippen LogP contribution in [0.5, 0.6) is 0 Å². The van der Waals surface area contributed by atoms with Crippen LogP contribution in [0, 0.1) is 0 Å². The van der Waals surface area contributed by atoms with E-state index in [1.165, 1.54) is 7.11 Å². The standard InChI is InChI=1S/C17H27N3O6/c1-12(24-2)16(22)20-15(8-7-13(21)11-19-18)17(23)26-14-5-3-9-25-10-4-6-14/h11-12,14-15H,3-10H2,1-2H3,(H,20,22)/t12-,15+/m1/s1. The first kappa shape index (κ1) is 22.0. The van der Waals surface area contributed by atoms with Gasteiger partial charge in [0.1, 0.15) is 18.2 Å². The number of amides is 1. The third-order valence-corrected chi connectivity index (χ3v) is 4.12. The van der Waals surface area contributed by atoms with Gasteiger partial charge in [-0.1, -0.05) is 0 Å². The number of ether oxygens (including phenoxy) is 3. The minimum absolute atomic E-state index is 0.0433. The lowest BCUT2D eigenvalue weighted by Gasteiger charge is -2.24. The van der Waals surface area contributed by atoms with Crippen molar-refractivity contribution >= 4 is 23.9 Å². The van der Waals surface area contributed by atoms with Crippen LogP contribution in [-0.4, -0.2) is 67.2 Å². The van der Waals surface area contributed by atoms with E-state index >= 15 is 0 Å². The smallest absolute Gasteiger partial charge is 0.328 e. The number of carbonyl (C=O) groups is 3. The molecule has 26 heavy (non-hydrogen) atoms. The zero-order chi connectivity index (χ0) is 19.4. The maximum Gasteiger partial charge on any atom is 0.328 e. The van der Waals surface area contributed by atoms with Gasteiger partial charge in [-0.2, -0.15) is 4.79 Å². The number of methoxy groups -OCH3 is 1. The first-order valence-electron chi connectivity index (χ1n) is 8.79. The van der Waals surface area contributed by atoms with Crippen molar-refractivity contribution in [2.45, 2.75) is 63.7 Å². The SMILES string of the molecule is CO[C@H](C)C(=O)N[C@@H](CCC(=O)C=[N+]=[N-])C(=O)OC1CCCOCCC1. The third kappa shape index (κ3) is 8.33. The quantitative estimate of drug-likeness (QED) is 0.275. The molecule has 0 radical (unpaired) electrons. The number of nitrogens with one attached hydrogen (secondary N) is 1. The molecule has 0 aromatic carbocycles. The second-order valence-corrected chi connectivity index (χ2v) is 6.14. The number of rotatable bonds is 9. The van der Waals surface area contributed by atoms with E-state index in [4.69, 9.17) is 19.7 Å². The first-order valence-corrected chi connectivity index (χ1v) is 8.79. The molecule has 0 unspecified atom stereocenters. The number of esters is 1. The Morgan fingerprint density at radius 2 is 1.96 bits per heavy atom. The molecule has 1 aliphatic heterocycles. The lowest BCUT2D eigenvalue weighted by atomic mass is 10.1. The second kappa shape index (κ2) is 12.3. The van der Waals surface area contributed by atoms with E-state index in [0.29, 0.717) is 26.1 Å². The van der Waals surface area contributed by atoms with E-state index in [1.807, 2.05) is 0 Å². The molecule has 0 saturated carbocycles. The van der Waals surface area contributed by atoms with Crippen molar-refractivity contribution in [3.63, 3.8) is 0 Å². The molecule has 146 valence electrons. The number of Topliss-reactive ketones (excluding diaryl/α,β-unsaturated/α-hetero) is 1. The van der Waals surface area contributed by atoms with Crippen LogP contribution in [0.15, 0.2) is 0 Å². The van der Waals surface area contributed by atoms with Gasteiger partial charge in [0, 0.05) is 26.7 Å². The predicted molar refractivity (Wildman–Crippen MR) is 91.5 cm³/mol. The number of nitrogens with zero attached hydrogens (tertiary/aromatic N) is 2. The molecule has 0 aromatic heterocycles. The molecule has 9 nitrogen and oxygen atoms in total. The fourth-order valence-electron chi connectivity index (χ4n) is 2.50. The highest BCUT2D eigenvalue weighted by molar-refractivity contribution is 6.25. The van der Waals surface area contributed by atoms with Crippen molar-refractivity contribution in [1.82, 2.24) is 5.32 Å². The van der Waals surface area contributed by atoms with Crippen LogP contribution in [0.4, 0.5) is 0 Å². The van der Waals surface area contributed by atoms with Crippen LogP contribution in [0.25, 0.3) is 5.53 Å². The summed E-state index contributed by atoms with van der Waals surface area (Å²) < 4.78 is 15.9. The van der Waals surface area contributed by atoms with Gasteiger partial charge in [-0.05, 0) is 39.0 Å². The summed E-state index contributed by atoms with van der Waals surface area (Å²) in [6, 6.07) is -0.974. The van der Waals surface area contributed by atoms with E-state index in [1.54, 1.807) is 6.92 Å². The van der Waals surface area contributed by atoms with Crippen molar-refractivity contribution in [3.05, 3.63) is 5.53 Å². The molecule has 0 aliphatic carbocycles. The maximum absolute atomic E-state index is 12.5. The first-order chi connectivity index (χ1) is 12.5. The molecule has 1 heterocycles. The van der Waals surface area contributed by atoms with Gasteiger partial charge in [0.2, 0.25) is 11.7 Å². The van der Waals surface area contributed by atoms with Crippen molar-refractivity contribution in [1.29, 1.82) is 0 Å². The summed E-state index contributed by atoms with van der Waals surface area (Å²) in [6.45, 7) is 2.82. The number of hydrogen-bond donors (Lipinski definition) is 1. The van der Waals surface area contributed by atoms with Gasteiger partial charge in [-0.15, -0.1) is 0 Å². The summed E-state index contributed by atoms with van der Waals surface area (Å²) >= 11 is 0. The van der Waals surface area contributed by atoms with Gasteiger partial charge in [-0.3, -0.25) is 9.59 Å². The van der Waals surface area contributed by atoms with Crippen molar-refractivity contribution in [3.8, 4) is 0 Å². The molecule has 1 saturated heterocycles. The second-order valence-electron chi connectivity index (χ2n) is 6.14. The zero-order valence-corrected chi connectivity index (χ0v) is 15.3. The Labute approximate surface area is 153 Å². The molecule has 0 aromatic rings. The van der Waals surface area contributed by atoms with Crippen molar-refractivity contribution in [2.75, 3.05) is 20.3 Å². The van der Waals surface area contributed by atoms with Gasteiger partial charge in [0.15, 0.2) is 0 Å². The molecule has 9 heteroatoms. The van der Waals surface area contributed by atoms with E-state index in [0.717, 1.165) is 19.1 Å². The monoisotopic (exact) mass is 369 g/mol. The van der Waals surface area contributed by atoms with Gasteiger partial charge in [-0.25, -0.2) is 4.79 Å². The van der Waals surface area contributed by atoms with Gasteiger partial charge in [0.05, 0.1) is 0 Å². The maximum atomic E-state index is 12.5. The van der Waals surface area contributed by atoms with E-state index in [-0.39, 0.29) is 18.9 Å². The Balaban J connectivity index is 2.69. The van der Waals surface area contributed by atoms with E-state index in [9.17, 15) is 14.4 Å². The molecular weight excluding hydrogens is 342 g/mol. The van der Waals surface area contributed by atoms with E-state index < -0.39 is 29.8 Å². The molecular formula is C17H27N3O6. The highest BCUT2D eigenvalue weighted by Gasteiger charge is 2.28. The Kier molecular flexibility index (Phi) is 10.4. The highest BCUT2D eigenvalue weighted by Crippen LogP contribution is 2.15. The Hall–Kier alpha value is -2.09.